The van der Waals surface area contributed by atoms with Crippen LogP contribution in [-0.4, -0.2) is 29.4 Å². The van der Waals surface area contributed by atoms with Crippen LogP contribution in [0.25, 0.3) is 0 Å². The molecule has 0 spiro atoms. The van der Waals surface area contributed by atoms with Gasteiger partial charge < -0.3 is 9.80 Å². The standard InChI is InChI=1S/C29H38N2O/c1-3-30(4-2)27-12-10-23(11-13-27)21-31(28(32)17-22-8-6-5-7-9-22)29-18-24-14-25(19-29)16-26(15-24)20-29/h5-13,24-26H,3-4,14-21H2,1-2H3. The van der Waals surface area contributed by atoms with Gasteiger partial charge in [-0.1, -0.05) is 42.5 Å². The molecule has 1 amide bonds. The van der Waals surface area contributed by atoms with Crippen LogP contribution in [0, 0.1) is 17.8 Å². The van der Waals surface area contributed by atoms with E-state index in [0.29, 0.717) is 12.3 Å². The summed E-state index contributed by atoms with van der Waals surface area (Å²) < 4.78 is 0. The first-order chi connectivity index (χ1) is 15.6. The molecular formula is C29H38N2O. The maximum absolute atomic E-state index is 13.8. The number of nitrogens with zero attached hydrogens (tertiary/aromatic N) is 2. The lowest BCUT2D eigenvalue weighted by Crippen LogP contribution is -2.61. The third-order valence-corrected chi connectivity index (χ3v) is 8.48. The summed E-state index contributed by atoms with van der Waals surface area (Å²) in [5, 5.41) is 0. The molecule has 2 aromatic carbocycles. The number of hydrogen-bond acceptors (Lipinski definition) is 2. The fourth-order valence-corrected chi connectivity index (χ4v) is 7.37. The van der Waals surface area contributed by atoms with Crippen LogP contribution in [0.15, 0.2) is 54.6 Å². The Balaban J connectivity index is 1.42. The average Bonchev–Trinajstić information content (AvgIpc) is 2.79. The summed E-state index contributed by atoms with van der Waals surface area (Å²) in [5.41, 5.74) is 3.75. The summed E-state index contributed by atoms with van der Waals surface area (Å²) in [5.74, 6) is 2.81. The zero-order valence-electron chi connectivity index (χ0n) is 19.8. The van der Waals surface area contributed by atoms with Crippen molar-refractivity contribution < 1.29 is 4.79 Å². The molecule has 170 valence electrons. The largest absolute Gasteiger partial charge is 0.372 e. The topological polar surface area (TPSA) is 23.6 Å². The van der Waals surface area contributed by atoms with Crippen molar-refractivity contribution in [3.63, 3.8) is 0 Å². The first-order valence-electron chi connectivity index (χ1n) is 12.8. The Bertz CT molecular complexity index is 881. The first-order valence-corrected chi connectivity index (χ1v) is 12.8. The Morgan fingerprint density at radius 1 is 0.812 bits per heavy atom. The molecule has 0 saturated heterocycles. The molecule has 4 fully saturated rings. The van der Waals surface area contributed by atoms with Crippen LogP contribution in [-0.2, 0) is 17.8 Å². The van der Waals surface area contributed by atoms with E-state index in [9.17, 15) is 4.79 Å². The highest BCUT2D eigenvalue weighted by molar-refractivity contribution is 5.79. The van der Waals surface area contributed by atoms with Gasteiger partial charge in [-0.05, 0) is 93.4 Å². The molecule has 4 saturated carbocycles. The van der Waals surface area contributed by atoms with Crippen molar-refractivity contribution in [1.82, 2.24) is 4.90 Å². The van der Waals surface area contributed by atoms with Gasteiger partial charge in [0.2, 0.25) is 5.91 Å². The van der Waals surface area contributed by atoms with E-state index in [1.165, 1.54) is 49.8 Å². The Labute approximate surface area is 193 Å². The zero-order chi connectivity index (χ0) is 22.1. The number of carbonyl (C=O) groups excluding carboxylic acids is 1. The Hall–Kier alpha value is -2.29. The summed E-state index contributed by atoms with van der Waals surface area (Å²) in [6.07, 6.45) is 8.38. The molecular weight excluding hydrogens is 392 g/mol. The summed E-state index contributed by atoms with van der Waals surface area (Å²) in [4.78, 5) is 18.5. The van der Waals surface area contributed by atoms with Crippen LogP contribution in [0.3, 0.4) is 0 Å². The average molecular weight is 431 g/mol. The SMILES string of the molecule is CCN(CC)c1ccc(CN(C(=O)Cc2ccccc2)C23CC4CC(CC(C4)C2)C3)cc1. The van der Waals surface area contributed by atoms with Gasteiger partial charge in [-0.2, -0.15) is 0 Å². The second kappa shape index (κ2) is 8.92. The molecule has 4 aliphatic rings. The Morgan fingerprint density at radius 2 is 1.38 bits per heavy atom. The van der Waals surface area contributed by atoms with Gasteiger partial charge in [-0.25, -0.2) is 0 Å². The minimum Gasteiger partial charge on any atom is -0.372 e. The zero-order valence-corrected chi connectivity index (χ0v) is 19.8. The number of benzene rings is 2. The van der Waals surface area contributed by atoms with Crippen LogP contribution in [0.1, 0.15) is 63.5 Å². The molecule has 0 N–H and O–H groups in total. The van der Waals surface area contributed by atoms with Crippen LogP contribution in [0.4, 0.5) is 5.69 Å². The van der Waals surface area contributed by atoms with E-state index in [1.807, 2.05) is 18.2 Å². The van der Waals surface area contributed by atoms with Crippen molar-refractivity contribution in [2.24, 2.45) is 17.8 Å². The third-order valence-electron chi connectivity index (χ3n) is 8.48. The second-order valence-corrected chi connectivity index (χ2v) is 10.6. The normalized spacial score (nSPS) is 28.0. The van der Waals surface area contributed by atoms with E-state index in [-0.39, 0.29) is 5.54 Å². The fourth-order valence-electron chi connectivity index (χ4n) is 7.37. The molecule has 0 unspecified atom stereocenters. The molecule has 4 aliphatic carbocycles. The van der Waals surface area contributed by atoms with Gasteiger partial charge in [-0.15, -0.1) is 0 Å². The summed E-state index contributed by atoms with van der Waals surface area (Å²) in [7, 11) is 0. The molecule has 2 aromatic rings. The molecule has 3 heteroatoms. The number of hydrogen-bond donors (Lipinski definition) is 0. The fraction of sp³-hybridized carbons (Fsp3) is 0.552. The predicted molar refractivity (Wildman–Crippen MR) is 132 cm³/mol. The van der Waals surface area contributed by atoms with Crippen LogP contribution in [0.5, 0.6) is 0 Å². The van der Waals surface area contributed by atoms with Gasteiger partial charge in [0, 0.05) is 30.9 Å². The number of carbonyl (C=O) groups is 1. The van der Waals surface area contributed by atoms with Gasteiger partial charge in [0.1, 0.15) is 0 Å². The second-order valence-electron chi connectivity index (χ2n) is 10.6. The minimum absolute atomic E-state index is 0.0815. The van der Waals surface area contributed by atoms with Gasteiger partial charge in [0.25, 0.3) is 0 Å². The van der Waals surface area contributed by atoms with Gasteiger partial charge in [0.15, 0.2) is 0 Å². The first kappa shape index (κ1) is 21.6. The Morgan fingerprint density at radius 3 is 1.91 bits per heavy atom. The van der Waals surface area contributed by atoms with Crippen molar-refractivity contribution in [3.05, 3.63) is 65.7 Å². The maximum atomic E-state index is 13.8. The lowest BCUT2D eigenvalue weighted by molar-refractivity contribution is -0.151. The molecule has 4 bridgehead atoms. The van der Waals surface area contributed by atoms with E-state index in [1.54, 1.807) is 0 Å². The van der Waals surface area contributed by atoms with E-state index in [2.05, 4.69) is 60.0 Å². The lowest BCUT2D eigenvalue weighted by Gasteiger charge is -2.60. The predicted octanol–water partition coefficient (Wildman–Crippen LogP) is 6.07. The monoisotopic (exact) mass is 430 g/mol. The minimum atomic E-state index is 0.0815. The van der Waals surface area contributed by atoms with Crippen molar-refractivity contribution >= 4 is 11.6 Å². The quantitative estimate of drug-likeness (QED) is 0.507. The van der Waals surface area contributed by atoms with Crippen molar-refractivity contribution in [1.29, 1.82) is 0 Å². The molecule has 0 heterocycles. The molecule has 0 radical (unpaired) electrons. The molecule has 3 nitrogen and oxygen atoms in total. The van der Waals surface area contributed by atoms with E-state index in [4.69, 9.17) is 0 Å². The van der Waals surface area contributed by atoms with Crippen molar-refractivity contribution in [3.8, 4) is 0 Å². The smallest absolute Gasteiger partial charge is 0.227 e. The molecule has 0 atom stereocenters. The third kappa shape index (κ3) is 4.19. The molecule has 0 aromatic heterocycles. The highest BCUT2D eigenvalue weighted by Crippen LogP contribution is 2.58. The highest BCUT2D eigenvalue weighted by Gasteiger charge is 2.54. The highest BCUT2D eigenvalue weighted by atomic mass is 16.2. The summed E-state index contributed by atoms with van der Waals surface area (Å²) in [6, 6.07) is 19.3. The van der Waals surface area contributed by atoms with Gasteiger partial charge in [-0.3, -0.25) is 4.79 Å². The molecule has 6 rings (SSSR count). The van der Waals surface area contributed by atoms with Crippen LogP contribution < -0.4 is 4.90 Å². The van der Waals surface area contributed by atoms with Gasteiger partial charge >= 0.3 is 0 Å². The van der Waals surface area contributed by atoms with Crippen molar-refractivity contribution in [2.45, 2.75) is 70.9 Å². The number of rotatable bonds is 8. The van der Waals surface area contributed by atoms with E-state index in [0.717, 1.165) is 43.0 Å². The van der Waals surface area contributed by atoms with E-state index < -0.39 is 0 Å². The Kier molecular flexibility index (Phi) is 6.01. The maximum Gasteiger partial charge on any atom is 0.227 e. The molecule has 32 heavy (non-hydrogen) atoms. The van der Waals surface area contributed by atoms with Crippen LogP contribution in [0.2, 0.25) is 0 Å². The number of anilines is 1. The summed E-state index contributed by atoms with van der Waals surface area (Å²) in [6.45, 7) is 7.19. The van der Waals surface area contributed by atoms with Gasteiger partial charge in [0.05, 0.1) is 6.42 Å². The molecule has 0 aliphatic heterocycles. The van der Waals surface area contributed by atoms with Crippen molar-refractivity contribution in [2.75, 3.05) is 18.0 Å². The lowest BCUT2D eigenvalue weighted by atomic mass is 9.52. The summed E-state index contributed by atoms with van der Waals surface area (Å²) >= 11 is 0. The van der Waals surface area contributed by atoms with E-state index >= 15 is 0 Å². The van der Waals surface area contributed by atoms with Crippen LogP contribution >= 0.6 is 0 Å². The number of amides is 1.